The lowest BCUT2D eigenvalue weighted by atomic mass is 10.1. The number of ether oxygens (including phenoxy) is 1. The van der Waals surface area contributed by atoms with Gasteiger partial charge in [-0.05, 0) is 38.1 Å². The minimum absolute atomic E-state index is 0.508. The first-order valence-corrected chi connectivity index (χ1v) is 7.74. The van der Waals surface area contributed by atoms with Crippen molar-refractivity contribution in [3.8, 4) is 5.75 Å². The smallest absolute Gasteiger partial charge is 0.125 e. The summed E-state index contributed by atoms with van der Waals surface area (Å²) in [5, 5.41) is 9.78. The Bertz CT molecular complexity index is 538. The van der Waals surface area contributed by atoms with Crippen molar-refractivity contribution >= 4 is 11.8 Å². The summed E-state index contributed by atoms with van der Waals surface area (Å²) >= 11 is 1.77. The molecule has 2 nitrogen and oxygen atoms in total. The van der Waals surface area contributed by atoms with E-state index in [0.29, 0.717) is 6.61 Å². The SMILES string of the molecule is Cc1ccc(OCCSc2ccccc2)c(C(C)O)c1. The molecule has 106 valence electrons. The molecule has 2 aromatic rings. The molecule has 0 bridgehead atoms. The molecule has 0 aliphatic rings. The van der Waals surface area contributed by atoms with E-state index in [1.54, 1.807) is 18.7 Å². The van der Waals surface area contributed by atoms with Crippen LogP contribution in [-0.4, -0.2) is 17.5 Å². The van der Waals surface area contributed by atoms with E-state index < -0.39 is 6.10 Å². The Morgan fingerprint density at radius 2 is 1.90 bits per heavy atom. The summed E-state index contributed by atoms with van der Waals surface area (Å²) < 4.78 is 5.79. The summed E-state index contributed by atoms with van der Waals surface area (Å²) in [6.07, 6.45) is -0.508. The number of hydrogen-bond donors (Lipinski definition) is 1. The molecule has 0 radical (unpaired) electrons. The van der Waals surface area contributed by atoms with E-state index in [1.165, 1.54) is 4.90 Å². The highest BCUT2D eigenvalue weighted by Gasteiger charge is 2.09. The maximum Gasteiger partial charge on any atom is 0.125 e. The molecule has 2 aromatic carbocycles. The van der Waals surface area contributed by atoms with Gasteiger partial charge >= 0.3 is 0 Å². The van der Waals surface area contributed by atoms with Crippen LogP contribution < -0.4 is 4.74 Å². The zero-order chi connectivity index (χ0) is 14.4. The third kappa shape index (κ3) is 4.29. The Balaban J connectivity index is 1.88. The number of aliphatic hydroxyl groups is 1. The second kappa shape index (κ2) is 7.36. The average Bonchev–Trinajstić information content (AvgIpc) is 2.45. The van der Waals surface area contributed by atoms with Gasteiger partial charge in [0.05, 0.1) is 12.7 Å². The van der Waals surface area contributed by atoms with Crippen LogP contribution >= 0.6 is 11.8 Å². The lowest BCUT2D eigenvalue weighted by Gasteiger charge is -2.14. The quantitative estimate of drug-likeness (QED) is 0.637. The molecule has 0 spiro atoms. The predicted molar refractivity (Wildman–Crippen MR) is 84.5 cm³/mol. The van der Waals surface area contributed by atoms with Gasteiger partial charge in [-0.15, -0.1) is 11.8 Å². The van der Waals surface area contributed by atoms with Gasteiger partial charge in [0.25, 0.3) is 0 Å². The van der Waals surface area contributed by atoms with Gasteiger partial charge in [-0.2, -0.15) is 0 Å². The van der Waals surface area contributed by atoms with Crippen molar-refractivity contribution in [2.24, 2.45) is 0 Å². The van der Waals surface area contributed by atoms with E-state index in [0.717, 1.165) is 22.6 Å². The number of thioether (sulfide) groups is 1. The highest BCUT2D eigenvalue weighted by atomic mass is 32.2. The van der Waals surface area contributed by atoms with Gasteiger partial charge < -0.3 is 9.84 Å². The molecular formula is C17H20O2S. The normalized spacial score (nSPS) is 12.2. The predicted octanol–water partition coefficient (Wildman–Crippen LogP) is 4.22. The summed E-state index contributed by atoms with van der Waals surface area (Å²) in [4.78, 5) is 1.25. The molecule has 20 heavy (non-hydrogen) atoms. The topological polar surface area (TPSA) is 29.5 Å². The summed E-state index contributed by atoms with van der Waals surface area (Å²) in [6.45, 7) is 4.41. The molecule has 0 aliphatic carbocycles. The van der Waals surface area contributed by atoms with Crippen molar-refractivity contribution in [2.75, 3.05) is 12.4 Å². The van der Waals surface area contributed by atoms with Crippen molar-refractivity contribution in [1.82, 2.24) is 0 Å². The van der Waals surface area contributed by atoms with Crippen molar-refractivity contribution in [1.29, 1.82) is 0 Å². The van der Waals surface area contributed by atoms with E-state index >= 15 is 0 Å². The molecule has 0 saturated heterocycles. The van der Waals surface area contributed by atoms with E-state index in [1.807, 2.05) is 43.3 Å². The minimum Gasteiger partial charge on any atom is -0.492 e. The van der Waals surface area contributed by atoms with Gasteiger partial charge in [0.15, 0.2) is 0 Å². The van der Waals surface area contributed by atoms with Gasteiger partial charge in [-0.3, -0.25) is 0 Å². The van der Waals surface area contributed by atoms with Crippen molar-refractivity contribution < 1.29 is 9.84 Å². The largest absolute Gasteiger partial charge is 0.492 e. The number of rotatable bonds is 6. The number of benzene rings is 2. The van der Waals surface area contributed by atoms with Gasteiger partial charge in [0.1, 0.15) is 5.75 Å². The van der Waals surface area contributed by atoms with Crippen molar-refractivity contribution in [2.45, 2.75) is 24.8 Å². The second-order valence-corrected chi connectivity index (χ2v) is 5.90. The zero-order valence-electron chi connectivity index (χ0n) is 11.9. The Hall–Kier alpha value is -1.45. The Morgan fingerprint density at radius 3 is 2.60 bits per heavy atom. The third-order valence-electron chi connectivity index (χ3n) is 2.97. The van der Waals surface area contributed by atoms with Crippen LogP contribution in [-0.2, 0) is 0 Å². The average molecular weight is 288 g/mol. The molecule has 3 heteroatoms. The maximum atomic E-state index is 9.78. The second-order valence-electron chi connectivity index (χ2n) is 4.73. The van der Waals surface area contributed by atoms with E-state index in [-0.39, 0.29) is 0 Å². The Morgan fingerprint density at radius 1 is 1.15 bits per heavy atom. The van der Waals surface area contributed by atoms with Crippen LogP contribution in [0.15, 0.2) is 53.4 Å². The molecule has 0 amide bonds. The number of aryl methyl sites for hydroxylation is 1. The Kier molecular flexibility index (Phi) is 5.50. The lowest BCUT2D eigenvalue weighted by Crippen LogP contribution is -2.04. The molecule has 0 fully saturated rings. The first-order chi connectivity index (χ1) is 9.66. The van der Waals surface area contributed by atoms with Crippen LogP contribution in [0.5, 0.6) is 5.75 Å². The standard InChI is InChI=1S/C17H20O2S/c1-13-8-9-17(16(12-13)14(2)18)19-10-11-20-15-6-4-3-5-7-15/h3-9,12,14,18H,10-11H2,1-2H3. The van der Waals surface area contributed by atoms with Crippen molar-refractivity contribution in [3.05, 3.63) is 59.7 Å². The first kappa shape index (κ1) is 14.9. The van der Waals surface area contributed by atoms with Crippen LogP contribution in [0.1, 0.15) is 24.2 Å². The summed E-state index contributed by atoms with van der Waals surface area (Å²) in [7, 11) is 0. The number of hydrogen-bond acceptors (Lipinski definition) is 3. The summed E-state index contributed by atoms with van der Waals surface area (Å²) in [5.41, 5.74) is 1.99. The summed E-state index contributed by atoms with van der Waals surface area (Å²) in [5.74, 6) is 1.66. The molecule has 0 aromatic heterocycles. The Labute approximate surface area is 124 Å². The van der Waals surface area contributed by atoms with Gasteiger partial charge in [0, 0.05) is 16.2 Å². The highest BCUT2D eigenvalue weighted by molar-refractivity contribution is 7.99. The highest BCUT2D eigenvalue weighted by Crippen LogP contribution is 2.26. The molecule has 0 heterocycles. The van der Waals surface area contributed by atoms with Crippen LogP contribution in [0, 0.1) is 6.92 Å². The van der Waals surface area contributed by atoms with Crippen LogP contribution in [0.2, 0.25) is 0 Å². The molecule has 1 N–H and O–H groups in total. The molecule has 0 saturated carbocycles. The van der Waals surface area contributed by atoms with E-state index in [9.17, 15) is 5.11 Å². The molecule has 0 aliphatic heterocycles. The fraction of sp³-hybridized carbons (Fsp3) is 0.294. The molecule has 1 unspecified atom stereocenters. The van der Waals surface area contributed by atoms with Crippen LogP contribution in [0.25, 0.3) is 0 Å². The molecule has 1 atom stereocenters. The molecular weight excluding hydrogens is 268 g/mol. The van der Waals surface area contributed by atoms with E-state index in [4.69, 9.17) is 4.74 Å². The van der Waals surface area contributed by atoms with Gasteiger partial charge in [-0.1, -0.05) is 29.8 Å². The number of aliphatic hydroxyl groups excluding tert-OH is 1. The zero-order valence-corrected chi connectivity index (χ0v) is 12.7. The fourth-order valence-corrected chi connectivity index (χ4v) is 2.71. The third-order valence-corrected chi connectivity index (χ3v) is 3.94. The maximum absolute atomic E-state index is 9.78. The van der Waals surface area contributed by atoms with Crippen molar-refractivity contribution in [3.63, 3.8) is 0 Å². The lowest BCUT2D eigenvalue weighted by molar-refractivity contribution is 0.192. The van der Waals surface area contributed by atoms with Crippen LogP contribution in [0.4, 0.5) is 0 Å². The first-order valence-electron chi connectivity index (χ1n) is 6.76. The van der Waals surface area contributed by atoms with Gasteiger partial charge in [0.2, 0.25) is 0 Å². The fourth-order valence-electron chi connectivity index (χ4n) is 1.95. The molecule has 2 rings (SSSR count). The van der Waals surface area contributed by atoms with E-state index in [2.05, 4.69) is 12.1 Å². The monoisotopic (exact) mass is 288 g/mol. The summed E-state index contributed by atoms with van der Waals surface area (Å²) in [6, 6.07) is 16.2. The van der Waals surface area contributed by atoms with Gasteiger partial charge in [-0.25, -0.2) is 0 Å². The minimum atomic E-state index is -0.508. The van der Waals surface area contributed by atoms with Crippen LogP contribution in [0.3, 0.4) is 0 Å².